The Morgan fingerprint density at radius 1 is 1.12 bits per heavy atom. The van der Waals surface area contributed by atoms with Crippen LogP contribution in [0.5, 0.6) is 0 Å². The molecule has 0 saturated carbocycles. The lowest BCUT2D eigenvalue weighted by Gasteiger charge is -2.19. The number of carbonyl (C=O) groups is 1. The summed E-state index contributed by atoms with van der Waals surface area (Å²) in [4.78, 5) is 12.5. The van der Waals surface area contributed by atoms with Crippen molar-refractivity contribution in [3.05, 3.63) is 54.1 Å². The van der Waals surface area contributed by atoms with Gasteiger partial charge in [-0.3, -0.25) is 0 Å². The second kappa shape index (κ2) is 6.09. The van der Waals surface area contributed by atoms with Crippen LogP contribution in [-0.2, 0) is 11.3 Å². The molecule has 0 spiro atoms. The number of para-hydroxylation sites is 1. The van der Waals surface area contributed by atoms with Crippen LogP contribution >= 0.6 is 0 Å². The van der Waals surface area contributed by atoms with E-state index in [0.29, 0.717) is 11.2 Å². The number of carbonyl (C=O) groups excluding carboxylic acids is 1. The highest BCUT2D eigenvalue weighted by Gasteiger charge is 2.22. The van der Waals surface area contributed by atoms with Crippen molar-refractivity contribution in [1.82, 2.24) is 9.78 Å². The van der Waals surface area contributed by atoms with Gasteiger partial charge in [-0.2, -0.15) is 9.78 Å². The number of benzene rings is 2. The van der Waals surface area contributed by atoms with Gasteiger partial charge in [0, 0.05) is 10.9 Å². The van der Waals surface area contributed by atoms with Crippen LogP contribution in [0.2, 0.25) is 0 Å². The zero-order valence-corrected chi connectivity index (χ0v) is 14.0. The zero-order chi connectivity index (χ0) is 17.3. The molecule has 5 nitrogen and oxygen atoms in total. The maximum Gasteiger partial charge on any atom is 0.435 e. The summed E-state index contributed by atoms with van der Waals surface area (Å²) < 4.78 is 6.75. The van der Waals surface area contributed by atoms with E-state index >= 15 is 0 Å². The Labute approximate surface area is 140 Å². The van der Waals surface area contributed by atoms with Crippen molar-refractivity contribution in [1.29, 1.82) is 0 Å². The molecule has 0 radical (unpaired) electrons. The predicted molar refractivity (Wildman–Crippen MR) is 92.7 cm³/mol. The molecule has 0 aliphatic carbocycles. The van der Waals surface area contributed by atoms with E-state index in [9.17, 15) is 9.90 Å². The molecule has 2 aromatic carbocycles. The van der Waals surface area contributed by atoms with Crippen molar-refractivity contribution in [2.45, 2.75) is 33.0 Å². The smallest absolute Gasteiger partial charge is 0.435 e. The quantitative estimate of drug-likeness (QED) is 0.774. The summed E-state index contributed by atoms with van der Waals surface area (Å²) in [6, 6.07) is 15.0. The molecule has 24 heavy (non-hydrogen) atoms. The van der Waals surface area contributed by atoms with E-state index in [2.05, 4.69) is 5.10 Å². The minimum Gasteiger partial charge on any atom is -0.442 e. The Hall–Kier alpha value is -2.66. The second-order valence-electron chi connectivity index (χ2n) is 6.61. The minimum absolute atomic E-state index is 0.00657. The van der Waals surface area contributed by atoms with Crippen LogP contribution in [0.15, 0.2) is 48.5 Å². The number of aliphatic hydroxyl groups excluding tert-OH is 1. The first-order chi connectivity index (χ1) is 11.4. The van der Waals surface area contributed by atoms with Crippen molar-refractivity contribution in [2.75, 3.05) is 0 Å². The topological polar surface area (TPSA) is 64.4 Å². The van der Waals surface area contributed by atoms with Crippen LogP contribution in [0.4, 0.5) is 4.79 Å². The predicted octanol–water partition coefficient (Wildman–Crippen LogP) is 3.98. The molecule has 0 unspecified atom stereocenters. The van der Waals surface area contributed by atoms with Gasteiger partial charge >= 0.3 is 6.09 Å². The molecule has 0 bridgehead atoms. The lowest BCUT2D eigenvalue weighted by molar-refractivity contribution is 0.0523. The van der Waals surface area contributed by atoms with E-state index in [1.165, 1.54) is 4.68 Å². The lowest BCUT2D eigenvalue weighted by Crippen LogP contribution is -2.27. The molecule has 1 aromatic heterocycles. The number of nitrogens with zero attached hydrogens (tertiary/aromatic N) is 2. The molecular weight excluding hydrogens is 304 g/mol. The Bertz CT molecular complexity index is 874. The average Bonchev–Trinajstić information content (AvgIpc) is 2.93. The van der Waals surface area contributed by atoms with Crippen molar-refractivity contribution in [3.63, 3.8) is 0 Å². The molecule has 5 heteroatoms. The van der Waals surface area contributed by atoms with Gasteiger partial charge in [0.15, 0.2) is 0 Å². The molecule has 0 atom stereocenters. The molecule has 0 fully saturated rings. The van der Waals surface area contributed by atoms with Crippen molar-refractivity contribution in [3.8, 4) is 11.3 Å². The number of ether oxygens (including phenoxy) is 1. The molecule has 3 aromatic rings. The zero-order valence-electron chi connectivity index (χ0n) is 14.0. The highest BCUT2D eigenvalue weighted by Crippen LogP contribution is 2.28. The highest BCUT2D eigenvalue weighted by atomic mass is 16.6. The van der Waals surface area contributed by atoms with E-state index < -0.39 is 11.7 Å². The lowest BCUT2D eigenvalue weighted by atomic mass is 10.1. The molecule has 0 aliphatic rings. The third-order valence-corrected chi connectivity index (χ3v) is 3.56. The van der Waals surface area contributed by atoms with Gasteiger partial charge in [0.1, 0.15) is 11.3 Å². The monoisotopic (exact) mass is 324 g/mol. The first-order valence-electron chi connectivity index (χ1n) is 7.80. The summed E-state index contributed by atoms with van der Waals surface area (Å²) in [7, 11) is 0. The molecule has 3 rings (SSSR count). The summed E-state index contributed by atoms with van der Waals surface area (Å²) >= 11 is 0. The van der Waals surface area contributed by atoms with Gasteiger partial charge in [-0.15, -0.1) is 0 Å². The molecule has 0 amide bonds. The number of hydrogen-bond acceptors (Lipinski definition) is 4. The normalized spacial score (nSPS) is 11.7. The Kier molecular flexibility index (Phi) is 4.11. The maximum atomic E-state index is 12.5. The average molecular weight is 324 g/mol. The third-order valence-electron chi connectivity index (χ3n) is 3.56. The van der Waals surface area contributed by atoms with E-state index in [0.717, 1.165) is 16.5 Å². The molecule has 1 heterocycles. The van der Waals surface area contributed by atoms with Gasteiger partial charge in [0.2, 0.25) is 0 Å². The highest BCUT2D eigenvalue weighted by molar-refractivity contribution is 5.97. The minimum atomic E-state index is -0.590. The fourth-order valence-electron chi connectivity index (χ4n) is 2.49. The Balaban J connectivity index is 2.10. The van der Waals surface area contributed by atoms with Crippen molar-refractivity contribution in [2.24, 2.45) is 0 Å². The molecule has 0 saturated heterocycles. The summed E-state index contributed by atoms with van der Waals surface area (Å²) in [5.74, 6) is 0. The van der Waals surface area contributed by atoms with Gasteiger partial charge in [-0.05, 0) is 32.4 Å². The summed E-state index contributed by atoms with van der Waals surface area (Å²) in [5, 5.41) is 14.5. The number of aromatic nitrogens is 2. The van der Waals surface area contributed by atoms with Gasteiger partial charge in [0.25, 0.3) is 0 Å². The summed E-state index contributed by atoms with van der Waals surface area (Å²) in [6.07, 6.45) is -0.503. The van der Waals surface area contributed by atoms with E-state index in [-0.39, 0.29) is 6.61 Å². The maximum absolute atomic E-state index is 12.5. The van der Waals surface area contributed by atoms with Gasteiger partial charge in [-0.1, -0.05) is 42.5 Å². The van der Waals surface area contributed by atoms with Crippen LogP contribution < -0.4 is 0 Å². The van der Waals surface area contributed by atoms with Gasteiger partial charge < -0.3 is 9.84 Å². The fraction of sp³-hybridized carbons (Fsp3) is 0.263. The van der Waals surface area contributed by atoms with E-state index in [1.807, 2.05) is 69.3 Å². The standard InChI is InChI=1S/C19H20N2O3/c1-19(2,3)24-18(23)21-16-7-5-4-6-15(16)17(20-21)14-10-8-13(12-22)9-11-14/h4-11,22H,12H2,1-3H3. The largest absolute Gasteiger partial charge is 0.442 e. The molecule has 124 valence electrons. The number of hydrogen-bond donors (Lipinski definition) is 1. The Morgan fingerprint density at radius 3 is 2.42 bits per heavy atom. The Morgan fingerprint density at radius 2 is 1.79 bits per heavy atom. The molecular formula is C19H20N2O3. The summed E-state index contributed by atoms with van der Waals surface area (Å²) in [5.41, 5.74) is 2.53. The van der Waals surface area contributed by atoms with Crippen LogP contribution in [0.3, 0.4) is 0 Å². The summed E-state index contributed by atoms with van der Waals surface area (Å²) in [6.45, 7) is 5.47. The first kappa shape index (κ1) is 16.2. The number of fused-ring (bicyclic) bond motifs is 1. The molecule has 1 N–H and O–H groups in total. The number of aliphatic hydroxyl groups is 1. The number of rotatable bonds is 2. The SMILES string of the molecule is CC(C)(C)OC(=O)n1nc(-c2ccc(CO)cc2)c2ccccc21. The van der Waals surface area contributed by atoms with Crippen LogP contribution in [0.1, 0.15) is 26.3 Å². The first-order valence-corrected chi connectivity index (χ1v) is 7.80. The van der Waals surface area contributed by atoms with Gasteiger partial charge in [-0.25, -0.2) is 4.79 Å². The van der Waals surface area contributed by atoms with Gasteiger partial charge in [0.05, 0.1) is 12.1 Å². The van der Waals surface area contributed by atoms with E-state index in [1.54, 1.807) is 0 Å². The fourth-order valence-corrected chi connectivity index (χ4v) is 2.49. The van der Waals surface area contributed by atoms with Crippen LogP contribution in [0.25, 0.3) is 22.2 Å². The van der Waals surface area contributed by atoms with Crippen LogP contribution in [0, 0.1) is 0 Å². The van der Waals surface area contributed by atoms with E-state index in [4.69, 9.17) is 4.74 Å². The third kappa shape index (κ3) is 3.16. The molecule has 0 aliphatic heterocycles. The van der Waals surface area contributed by atoms with Crippen LogP contribution in [-0.4, -0.2) is 26.6 Å². The van der Waals surface area contributed by atoms with Crippen molar-refractivity contribution < 1.29 is 14.6 Å². The van der Waals surface area contributed by atoms with Crippen molar-refractivity contribution >= 4 is 17.0 Å². The second-order valence-corrected chi connectivity index (χ2v) is 6.61.